The highest BCUT2D eigenvalue weighted by molar-refractivity contribution is 5.87. The SMILES string of the molecule is COc1cc(-c2cnc(Nc3ccc4[nH]ncc4c3)o2)ccc1OCc1cccc(C(=O)O)c1. The number of hydrogen-bond acceptors (Lipinski definition) is 7. The first kappa shape index (κ1) is 21.1. The summed E-state index contributed by atoms with van der Waals surface area (Å²) in [5.74, 6) is 0.624. The predicted octanol–water partition coefficient (Wildman–Crippen LogP) is 5.25. The predicted molar refractivity (Wildman–Crippen MR) is 126 cm³/mol. The number of aromatic carboxylic acids is 1. The van der Waals surface area contributed by atoms with Gasteiger partial charge in [-0.15, -0.1) is 0 Å². The molecule has 34 heavy (non-hydrogen) atoms. The molecule has 0 aliphatic rings. The zero-order valence-corrected chi connectivity index (χ0v) is 18.1. The molecule has 0 spiro atoms. The maximum atomic E-state index is 11.2. The number of carboxylic acids is 1. The van der Waals surface area contributed by atoms with Crippen LogP contribution in [-0.4, -0.2) is 33.4 Å². The number of nitrogens with zero attached hydrogens (tertiary/aromatic N) is 2. The number of ether oxygens (including phenoxy) is 2. The van der Waals surface area contributed by atoms with E-state index in [1.54, 1.807) is 49.8 Å². The highest BCUT2D eigenvalue weighted by Crippen LogP contribution is 2.34. The second kappa shape index (κ2) is 8.99. The summed E-state index contributed by atoms with van der Waals surface area (Å²) < 4.78 is 17.2. The van der Waals surface area contributed by atoms with Crippen LogP contribution < -0.4 is 14.8 Å². The number of nitrogens with one attached hydrogen (secondary N) is 2. The normalized spacial score (nSPS) is 10.9. The lowest BCUT2D eigenvalue weighted by atomic mass is 10.1. The number of H-pyrrole nitrogens is 1. The Labute approximate surface area is 194 Å². The van der Waals surface area contributed by atoms with Gasteiger partial charge in [0.05, 0.1) is 30.6 Å². The van der Waals surface area contributed by atoms with E-state index in [9.17, 15) is 4.79 Å². The minimum Gasteiger partial charge on any atom is -0.493 e. The molecule has 0 radical (unpaired) electrons. The maximum absolute atomic E-state index is 11.2. The van der Waals surface area contributed by atoms with Gasteiger partial charge in [0.25, 0.3) is 6.01 Å². The Bertz CT molecular complexity index is 1470. The van der Waals surface area contributed by atoms with Gasteiger partial charge in [0.1, 0.15) is 6.61 Å². The number of oxazole rings is 1. The van der Waals surface area contributed by atoms with Crippen molar-refractivity contribution < 1.29 is 23.8 Å². The molecule has 0 fully saturated rings. The topological polar surface area (TPSA) is 123 Å². The van der Waals surface area contributed by atoms with Gasteiger partial charge < -0.3 is 24.3 Å². The smallest absolute Gasteiger partial charge is 0.335 e. The second-order valence-electron chi connectivity index (χ2n) is 7.49. The summed E-state index contributed by atoms with van der Waals surface area (Å²) in [4.78, 5) is 15.5. The lowest BCUT2D eigenvalue weighted by molar-refractivity contribution is 0.0696. The molecule has 0 saturated heterocycles. The Balaban J connectivity index is 1.30. The minimum absolute atomic E-state index is 0.203. The molecule has 5 aromatic rings. The number of fused-ring (bicyclic) bond motifs is 1. The molecule has 2 aromatic heterocycles. The third-order valence-electron chi connectivity index (χ3n) is 5.21. The van der Waals surface area contributed by atoms with E-state index in [2.05, 4.69) is 20.5 Å². The minimum atomic E-state index is -0.980. The first-order valence-electron chi connectivity index (χ1n) is 10.4. The van der Waals surface area contributed by atoms with E-state index in [4.69, 9.17) is 19.0 Å². The van der Waals surface area contributed by atoms with Crippen molar-refractivity contribution in [2.45, 2.75) is 6.61 Å². The molecule has 2 heterocycles. The van der Waals surface area contributed by atoms with E-state index >= 15 is 0 Å². The van der Waals surface area contributed by atoms with Crippen molar-refractivity contribution in [3.8, 4) is 22.8 Å². The van der Waals surface area contributed by atoms with Crippen molar-refractivity contribution in [3.05, 3.63) is 84.2 Å². The maximum Gasteiger partial charge on any atom is 0.335 e. The molecule has 170 valence electrons. The van der Waals surface area contributed by atoms with Gasteiger partial charge in [-0.1, -0.05) is 12.1 Å². The van der Waals surface area contributed by atoms with Crippen LogP contribution in [0.1, 0.15) is 15.9 Å². The van der Waals surface area contributed by atoms with Gasteiger partial charge in [-0.25, -0.2) is 9.78 Å². The van der Waals surface area contributed by atoms with Gasteiger partial charge in [0.2, 0.25) is 0 Å². The van der Waals surface area contributed by atoms with E-state index < -0.39 is 5.97 Å². The Morgan fingerprint density at radius 1 is 1.09 bits per heavy atom. The van der Waals surface area contributed by atoms with Crippen molar-refractivity contribution in [1.82, 2.24) is 15.2 Å². The van der Waals surface area contributed by atoms with E-state index in [-0.39, 0.29) is 12.2 Å². The molecule has 0 atom stereocenters. The number of methoxy groups -OCH3 is 1. The van der Waals surface area contributed by atoms with E-state index in [0.717, 1.165) is 27.7 Å². The number of hydrogen-bond donors (Lipinski definition) is 3. The van der Waals surface area contributed by atoms with Gasteiger partial charge in [-0.2, -0.15) is 5.10 Å². The Kier molecular flexibility index (Phi) is 5.57. The van der Waals surface area contributed by atoms with Gasteiger partial charge in [-0.05, 0) is 54.1 Å². The third-order valence-corrected chi connectivity index (χ3v) is 5.21. The number of carbonyl (C=O) groups is 1. The molecule has 0 amide bonds. The highest BCUT2D eigenvalue weighted by atomic mass is 16.5. The second-order valence-corrected chi connectivity index (χ2v) is 7.49. The lowest BCUT2D eigenvalue weighted by Crippen LogP contribution is -2.01. The van der Waals surface area contributed by atoms with Crippen LogP contribution >= 0.6 is 0 Å². The van der Waals surface area contributed by atoms with Crippen LogP contribution in [0.3, 0.4) is 0 Å². The summed E-state index contributed by atoms with van der Waals surface area (Å²) in [7, 11) is 1.55. The van der Waals surface area contributed by atoms with Crippen LogP contribution in [0.15, 0.2) is 77.5 Å². The number of aromatic amines is 1. The van der Waals surface area contributed by atoms with E-state index in [1.807, 2.05) is 24.3 Å². The third kappa shape index (κ3) is 4.40. The summed E-state index contributed by atoms with van der Waals surface area (Å²) in [5.41, 5.74) is 3.49. The first-order valence-corrected chi connectivity index (χ1v) is 10.4. The first-order chi connectivity index (χ1) is 16.6. The molecule has 5 rings (SSSR count). The van der Waals surface area contributed by atoms with Crippen molar-refractivity contribution in [3.63, 3.8) is 0 Å². The fraction of sp³-hybridized carbons (Fsp3) is 0.0800. The Hall–Kier alpha value is -4.79. The fourth-order valence-corrected chi connectivity index (χ4v) is 3.50. The van der Waals surface area contributed by atoms with Crippen LogP contribution in [0.2, 0.25) is 0 Å². The monoisotopic (exact) mass is 456 g/mol. The lowest BCUT2D eigenvalue weighted by Gasteiger charge is -2.12. The Morgan fingerprint density at radius 3 is 2.85 bits per heavy atom. The number of carboxylic acid groups (broad SMARTS) is 1. The van der Waals surface area contributed by atoms with Crippen LogP contribution in [0.25, 0.3) is 22.2 Å². The largest absolute Gasteiger partial charge is 0.493 e. The molecular weight excluding hydrogens is 436 g/mol. The van der Waals surface area contributed by atoms with Crippen LogP contribution in [0.5, 0.6) is 11.5 Å². The molecule has 3 aromatic carbocycles. The fourth-order valence-electron chi connectivity index (χ4n) is 3.50. The molecule has 0 aliphatic heterocycles. The van der Waals surface area contributed by atoms with Crippen LogP contribution in [0, 0.1) is 0 Å². The molecule has 3 N–H and O–H groups in total. The summed E-state index contributed by atoms with van der Waals surface area (Å²) >= 11 is 0. The van der Waals surface area contributed by atoms with Gasteiger partial charge >= 0.3 is 5.97 Å². The Morgan fingerprint density at radius 2 is 2.00 bits per heavy atom. The molecule has 9 heteroatoms. The average Bonchev–Trinajstić information content (AvgIpc) is 3.52. The van der Waals surface area contributed by atoms with Crippen molar-refractivity contribution in [2.75, 3.05) is 12.4 Å². The summed E-state index contributed by atoms with van der Waals surface area (Å²) in [6.07, 6.45) is 3.38. The molecular formula is C25H20N4O5. The van der Waals surface area contributed by atoms with Crippen LogP contribution in [0.4, 0.5) is 11.7 Å². The number of anilines is 2. The summed E-state index contributed by atoms with van der Waals surface area (Å²) in [6.45, 7) is 0.203. The molecule has 9 nitrogen and oxygen atoms in total. The van der Waals surface area contributed by atoms with E-state index in [0.29, 0.717) is 23.3 Å². The summed E-state index contributed by atoms with van der Waals surface area (Å²) in [6, 6.07) is 18.2. The van der Waals surface area contributed by atoms with Gasteiger partial charge in [-0.3, -0.25) is 5.10 Å². The van der Waals surface area contributed by atoms with Crippen molar-refractivity contribution >= 4 is 28.6 Å². The summed E-state index contributed by atoms with van der Waals surface area (Å²) in [5, 5.41) is 20.2. The van der Waals surface area contributed by atoms with E-state index in [1.165, 1.54) is 6.07 Å². The van der Waals surface area contributed by atoms with Crippen molar-refractivity contribution in [2.24, 2.45) is 0 Å². The molecule has 0 unspecified atom stereocenters. The quantitative estimate of drug-likeness (QED) is 0.289. The number of rotatable bonds is 8. The van der Waals surface area contributed by atoms with Gasteiger partial charge in [0.15, 0.2) is 17.3 Å². The average molecular weight is 456 g/mol. The zero-order valence-electron chi connectivity index (χ0n) is 18.1. The zero-order chi connectivity index (χ0) is 23.5. The van der Waals surface area contributed by atoms with Crippen molar-refractivity contribution in [1.29, 1.82) is 0 Å². The highest BCUT2D eigenvalue weighted by Gasteiger charge is 2.12. The van der Waals surface area contributed by atoms with Gasteiger partial charge in [0, 0.05) is 16.6 Å². The van der Waals surface area contributed by atoms with Crippen LogP contribution in [-0.2, 0) is 6.61 Å². The molecule has 0 saturated carbocycles. The molecule has 0 aliphatic carbocycles. The number of benzene rings is 3. The molecule has 0 bridgehead atoms. The number of aromatic nitrogens is 3. The standard InChI is InChI=1S/C25H20N4O5/c1-32-22-11-16(5-8-21(22)33-14-15-3-2-4-17(9-15)24(30)31)23-13-26-25(34-23)28-19-6-7-20-18(10-19)12-27-29-20/h2-13H,14H2,1H3,(H,26,28)(H,27,29)(H,30,31).